The Morgan fingerprint density at radius 1 is 1.00 bits per heavy atom. The molecule has 0 spiro atoms. The van der Waals surface area contributed by atoms with Crippen molar-refractivity contribution in [2.45, 2.75) is 39.3 Å². The average Bonchev–Trinajstić information content (AvgIpc) is 2.82. The van der Waals surface area contributed by atoms with Gasteiger partial charge in [-0.2, -0.15) is 0 Å². The number of benzene rings is 2. The molecule has 2 heteroatoms. The Labute approximate surface area is 126 Å². The molecule has 110 valence electrons. The van der Waals surface area contributed by atoms with Gasteiger partial charge < -0.3 is 10.8 Å². The van der Waals surface area contributed by atoms with Crippen molar-refractivity contribution in [3.63, 3.8) is 0 Å². The largest absolute Gasteiger partial charge is 0.391 e. The van der Waals surface area contributed by atoms with Crippen LogP contribution in [0.2, 0.25) is 0 Å². The van der Waals surface area contributed by atoms with Crippen LogP contribution in [0.1, 0.15) is 43.5 Å². The van der Waals surface area contributed by atoms with E-state index >= 15 is 0 Å². The highest BCUT2D eigenvalue weighted by atomic mass is 16.3. The van der Waals surface area contributed by atoms with Crippen LogP contribution in [0.15, 0.2) is 42.5 Å². The van der Waals surface area contributed by atoms with Crippen LogP contribution in [0.4, 0.5) is 0 Å². The quantitative estimate of drug-likeness (QED) is 0.753. The summed E-state index contributed by atoms with van der Waals surface area (Å²) in [5.74, 6) is 0. The number of rotatable bonds is 2. The van der Waals surface area contributed by atoms with Crippen molar-refractivity contribution >= 4 is 0 Å². The average molecular weight is 281 g/mol. The summed E-state index contributed by atoms with van der Waals surface area (Å²) in [4.78, 5) is 0. The van der Waals surface area contributed by atoms with E-state index in [-0.39, 0.29) is 11.5 Å². The van der Waals surface area contributed by atoms with Crippen LogP contribution in [0.5, 0.6) is 0 Å². The first-order valence-corrected chi connectivity index (χ1v) is 7.52. The van der Waals surface area contributed by atoms with E-state index in [0.717, 1.165) is 12.0 Å². The zero-order chi connectivity index (χ0) is 15.2. The van der Waals surface area contributed by atoms with Gasteiger partial charge in [-0.25, -0.2) is 0 Å². The van der Waals surface area contributed by atoms with Crippen LogP contribution in [0, 0.1) is 5.41 Å². The van der Waals surface area contributed by atoms with E-state index in [4.69, 9.17) is 5.73 Å². The number of hydrogen-bond donors (Lipinski definition) is 2. The topological polar surface area (TPSA) is 46.2 Å². The third-order valence-corrected chi connectivity index (χ3v) is 4.43. The minimum absolute atomic E-state index is 0.221. The van der Waals surface area contributed by atoms with Gasteiger partial charge in [-0.15, -0.1) is 0 Å². The minimum atomic E-state index is -0.556. The van der Waals surface area contributed by atoms with Crippen molar-refractivity contribution < 1.29 is 5.11 Å². The number of hydrogen-bond acceptors (Lipinski definition) is 2. The van der Waals surface area contributed by atoms with Crippen molar-refractivity contribution in [3.8, 4) is 11.1 Å². The number of fused-ring (bicyclic) bond motifs is 3. The molecular weight excluding hydrogens is 258 g/mol. The van der Waals surface area contributed by atoms with Gasteiger partial charge in [0.05, 0.1) is 12.1 Å². The summed E-state index contributed by atoms with van der Waals surface area (Å²) in [6.07, 6.45) is 0.400. The maximum absolute atomic E-state index is 10.4. The molecule has 3 rings (SSSR count). The number of aliphatic hydroxyl groups excluding tert-OH is 1. The summed E-state index contributed by atoms with van der Waals surface area (Å²) < 4.78 is 0. The lowest BCUT2D eigenvalue weighted by molar-refractivity contribution is 0.0401. The lowest BCUT2D eigenvalue weighted by Gasteiger charge is -2.31. The molecule has 2 nitrogen and oxygen atoms in total. The summed E-state index contributed by atoms with van der Waals surface area (Å²) in [5, 5.41) is 10.4. The van der Waals surface area contributed by atoms with Crippen LogP contribution < -0.4 is 5.73 Å². The Morgan fingerprint density at radius 3 is 2.38 bits per heavy atom. The van der Waals surface area contributed by atoms with E-state index < -0.39 is 6.10 Å². The molecule has 0 unspecified atom stereocenters. The van der Waals surface area contributed by atoms with Gasteiger partial charge in [-0.3, -0.25) is 0 Å². The first kappa shape index (κ1) is 14.3. The minimum Gasteiger partial charge on any atom is -0.391 e. The second-order valence-electron chi connectivity index (χ2n) is 7.09. The van der Waals surface area contributed by atoms with E-state index in [9.17, 15) is 5.11 Å². The highest BCUT2D eigenvalue weighted by molar-refractivity contribution is 5.77. The highest BCUT2D eigenvalue weighted by Crippen LogP contribution is 2.38. The van der Waals surface area contributed by atoms with Crippen molar-refractivity contribution in [2.24, 2.45) is 11.1 Å². The Bertz CT molecular complexity index is 670. The molecule has 0 fully saturated rings. The molecule has 2 atom stereocenters. The van der Waals surface area contributed by atoms with Gasteiger partial charge in [0, 0.05) is 0 Å². The molecule has 0 aromatic heterocycles. The monoisotopic (exact) mass is 281 g/mol. The van der Waals surface area contributed by atoms with E-state index in [1.54, 1.807) is 0 Å². The zero-order valence-electron chi connectivity index (χ0n) is 12.9. The summed E-state index contributed by atoms with van der Waals surface area (Å²) in [6.45, 7) is 6.04. The first-order valence-electron chi connectivity index (χ1n) is 7.52. The SMILES string of the molecule is CC(C)(C)[C@@H](O)[C@@H](N)c1ccc2c(c1)Cc1ccccc1-2. The van der Waals surface area contributed by atoms with Crippen LogP contribution in [-0.4, -0.2) is 11.2 Å². The fourth-order valence-corrected chi connectivity index (χ4v) is 3.09. The molecule has 0 saturated heterocycles. The molecule has 1 aliphatic rings. The van der Waals surface area contributed by atoms with Gasteiger partial charge in [0.15, 0.2) is 0 Å². The van der Waals surface area contributed by atoms with Crippen LogP contribution in [0.25, 0.3) is 11.1 Å². The number of aliphatic hydroxyl groups is 1. The van der Waals surface area contributed by atoms with Crippen LogP contribution in [-0.2, 0) is 6.42 Å². The summed E-state index contributed by atoms with van der Waals surface area (Å²) in [6, 6.07) is 14.5. The lowest BCUT2D eigenvalue weighted by atomic mass is 9.82. The molecule has 0 heterocycles. The van der Waals surface area contributed by atoms with Gasteiger partial charge in [0.1, 0.15) is 0 Å². The molecule has 1 aliphatic carbocycles. The third kappa shape index (κ3) is 2.50. The third-order valence-electron chi connectivity index (χ3n) is 4.43. The molecule has 0 amide bonds. The van der Waals surface area contributed by atoms with Crippen molar-refractivity contribution in [3.05, 3.63) is 59.2 Å². The molecule has 3 N–H and O–H groups in total. The fourth-order valence-electron chi connectivity index (χ4n) is 3.09. The standard InChI is InChI=1S/C19H23NO/c1-19(2,3)18(21)17(20)13-8-9-16-14(11-13)10-12-6-4-5-7-15(12)16/h4-9,11,17-18,21H,10,20H2,1-3H3/t17-,18-/m0/s1. The molecule has 0 radical (unpaired) electrons. The second-order valence-corrected chi connectivity index (χ2v) is 7.09. The number of nitrogens with two attached hydrogens (primary N) is 1. The predicted octanol–water partition coefficient (Wildman–Crippen LogP) is 3.66. The molecular formula is C19H23NO. The maximum Gasteiger partial charge on any atom is 0.0780 e. The first-order chi connectivity index (χ1) is 9.88. The van der Waals surface area contributed by atoms with Crippen molar-refractivity contribution in [2.75, 3.05) is 0 Å². The predicted molar refractivity (Wildman–Crippen MR) is 87.1 cm³/mol. The summed E-state index contributed by atoms with van der Waals surface area (Å²) in [7, 11) is 0. The zero-order valence-corrected chi connectivity index (χ0v) is 12.9. The van der Waals surface area contributed by atoms with Crippen molar-refractivity contribution in [1.29, 1.82) is 0 Å². The van der Waals surface area contributed by atoms with Gasteiger partial charge in [0.2, 0.25) is 0 Å². The summed E-state index contributed by atoms with van der Waals surface area (Å²) in [5.41, 5.74) is 12.4. The molecule has 0 bridgehead atoms. The Hall–Kier alpha value is -1.64. The van der Waals surface area contributed by atoms with Gasteiger partial charge in [0.25, 0.3) is 0 Å². The molecule has 2 aromatic rings. The molecule has 0 aliphatic heterocycles. The lowest BCUT2D eigenvalue weighted by Crippen LogP contribution is -2.37. The van der Waals surface area contributed by atoms with E-state index in [0.29, 0.717) is 0 Å². The fraction of sp³-hybridized carbons (Fsp3) is 0.368. The molecule has 0 saturated carbocycles. The molecule has 2 aromatic carbocycles. The van der Waals surface area contributed by atoms with Gasteiger partial charge in [-0.05, 0) is 39.7 Å². The van der Waals surface area contributed by atoms with Gasteiger partial charge in [-0.1, -0.05) is 63.2 Å². The van der Waals surface area contributed by atoms with Crippen molar-refractivity contribution in [1.82, 2.24) is 0 Å². The Kier molecular flexibility index (Phi) is 3.39. The van der Waals surface area contributed by atoms with E-state index in [2.05, 4.69) is 42.5 Å². The summed E-state index contributed by atoms with van der Waals surface area (Å²) >= 11 is 0. The van der Waals surface area contributed by atoms with Gasteiger partial charge >= 0.3 is 0 Å². The van der Waals surface area contributed by atoms with Crippen LogP contribution >= 0.6 is 0 Å². The Morgan fingerprint density at radius 2 is 1.67 bits per heavy atom. The van der Waals surface area contributed by atoms with E-state index in [1.165, 1.54) is 22.3 Å². The second kappa shape index (κ2) is 4.97. The van der Waals surface area contributed by atoms with E-state index in [1.807, 2.05) is 20.8 Å². The Balaban J connectivity index is 1.94. The molecule has 21 heavy (non-hydrogen) atoms. The normalized spacial score (nSPS) is 16.2. The maximum atomic E-state index is 10.4. The smallest absolute Gasteiger partial charge is 0.0780 e. The van der Waals surface area contributed by atoms with Crippen LogP contribution in [0.3, 0.4) is 0 Å². The highest BCUT2D eigenvalue weighted by Gasteiger charge is 2.30.